The lowest BCUT2D eigenvalue weighted by Crippen LogP contribution is -2.04. The first-order valence-electron chi connectivity index (χ1n) is 4.17. The summed E-state index contributed by atoms with van der Waals surface area (Å²) >= 11 is 0. The van der Waals surface area contributed by atoms with Crippen molar-refractivity contribution in [3.05, 3.63) is 33.9 Å². The SMILES string of the molecule is Cc1cc(C=O)c(C=O)c(C=O)c1C=O. The van der Waals surface area contributed by atoms with Gasteiger partial charge in [-0.05, 0) is 18.6 Å². The van der Waals surface area contributed by atoms with E-state index in [0.29, 0.717) is 30.7 Å². The van der Waals surface area contributed by atoms with Gasteiger partial charge in [-0.15, -0.1) is 0 Å². The molecule has 4 nitrogen and oxygen atoms in total. The summed E-state index contributed by atoms with van der Waals surface area (Å²) in [5.74, 6) is 0. The van der Waals surface area contributed by atoms with Crippen molar-refractivity contribution in [1.29, 1.82) is 0 Å². The molecule has 0 heterocycles. The highest BCUT2D eigenvalue weighted by molar-refractivity contribution is 6.04. The van der Waals surface area contributed by atoms with Gasteiger partial charge in [0.05, 0.1) is 0 Å². The molecular weight excluding hydrogens is 196 g/mol. The first-order valence-corrected chi connectivity index (χ1v) is 4.17. The summed E-state index contributed by atoms with van der Waals surface area (Å²) < 4.78 is 0. The van der Waals surface area contributed by atoms with Crippen LogP contribution in [0.4, 0.5) is 0 Å². The van der Waals surface area contributed by atoms with Crippen LogP contribution >= 0.6 is 0 Å². The molecule has 0 spiro atoms. The van der Waals surface area contributed by atoms with Gasteiger partial charge in [0.25, 0.3) is 0 Å². The fourth-order valence-corrected chi connectivity index (χ4v) is 1.41. The Morgan fingerprint density at radius 2 is 1.33 bits per heavy atom. The van der Waals surface area contributed by atoms with Gasteiger partial charge in [0.2, 0.25) is 0 Å². The Hall–Kier alpha value is -2.10. The molecule has 0 atom stereocenters. The molecule has 15 heavy (non-hydrogen) atoms. The van der Waals surface area contributed by atoms with Crippen LogP contribution in [0.25, 0.3) is 0 Å². The molecule has 1 aromatic carbocycles. The molecule has 0 aliphatic carbocycles. The number of rotatable bonds is 4. The average Bonchev–Trinajstić information content (AvgIpc) is 2.27. The molecule has 1 aromatic rings. The monoisotopic (exact) mass is 204 g/mol. The highest BCUT2D eigenvalue weighted by atomic mass is 16.1. The van der Waals surface area contributed by atoms with Crippen molar-refractivity contribution in [3.63, 3.8) is 0 Å². The summed E-state index contributed by atoms with van der Waals surface area (Å²) in [7, 11) is 0. The zero-order valence-corrected chi connectivity index (χ0v) is 8.02. The van der Waals surface area contributed by atoms with E-state index in [0.717, 1.165) is 0 Å². The van der Waals surface area contributed by atoms with Crippen LogP contribution in [0.15, 0.2) is 6.07 Å². The Morgan fingerprint density at radius 3 is 1.73 bits per heavy atom. The Balaban J connectivity index is 3.73. The van der Waals surface area contributed by atoms with Crippen molar-refractivity contribution in [2.75, 3.05) is 0 Å². The Labute approximate surface area is 85.9 Å². The van der Waals surface area contributed by atoms with E-state index in [-0.39, 0.29) is 22.3 Å². The smallest absolute Gasteiger partial charge is 0.151 e. The summed E-state index contributed by atoms with van der Waals surface area (Å²) in [5.41, 5.74) is 0.711. The average molecular weight is 204 g/mol. The van der Waals surface area contributed by atoms with Crippen LogP contribution in [0.1, 0.15) is 47.0 Å². The van der Waals surface area contributed by atoms with Gasteiger partial charge in [-0.1, -0.05) is 0 Å². The minimum atomic E-state index is -0.0345. The van der Waals surface area contributed by atoms with E-state index in [1.165, 1.54) is 6.07 Å². The van der Waals surface area contributed by atoms with Crippen LogP contribution in [0.3, 0.4) is 0 Å². The summed E-state index contributed by atoms with van der Waals surface area (Å²) in [6.45, 7) is 1.60. The lowest BCUT2D eigenvalue weighted by Gasteiger charge is -2.07. The van der Waals surface area contributed by atoms with Crippen molar-refractivity contribution in [3.8, 4) is 0 Å². The first-order chi connectivity index (χ1) is 7.19. The molecule has 0 saturated heterocycles. The van der Waals surface area contributed by atoms with Crippen LogP contribution < -0.4 is 0 Å². The number of carbonyl (C=O) groups is 4. The first kappa shape index (κ1) is 11.0. The third-order valence-electron chi connectivity index (χ3n) is 2.17. The maximum absolute atomic E-state index is 10.8. The minimum absolute atomic E-state index is 0.0258. The number of aryl methyl sites for hydroxylation is 1. The van der Waals surface area contributed by atoms with Crippen LogP contribution in [-0.2, 0) is 0 Å². The van der Waals surface area contributed by atoms with Crippen molar-refractivity contribution in [2.24, 2.45) is 0 Å². The number of hydrogen-bond donors (Lipinski definition) is 0. The molecule has 1 rings (SSSR count). The second-order valence-electron chi connectivity index (χ2n) is 3.00. The van der Waals surface area contributed by atoms with E-state index in [4.69, 9.17) is 0 Å². The number of carbonyl (C=O) groups excluding carboxylic acids is 4. The molecule has 0 unspecified atom stereocenters. The number of hydrogen-bond acceptors (Lipinski definition) is 4. The van der Waals surface area contributed by atoms with E-state index in [1.54, 1.807) is 6.92 Å². The summed E-state index contributed by atoms with van der Waals surface area (Å²) in [5, 5.41) is 0. The van der Waals surface area contributed by atoms with Crippen LogP contribution in [-0.4, -0.2) is 25.1 Å². The van der Waals surface area contributed by atoms with E-state index >= 15 is 0 Å². The molecule has 0 fully saturated rings. The predicted octanol–water partition coefficient (Wildman–Crippen LogP) is 1.25. The molecule has 0 N–H and O–H groups in total. The summed E-state index contributed by atoms with van der Waals surface area (Å²) in [4.78, 5) is 42.8. The van der Waals surface area contributed by atoms with Crippen LogP contribution in [0.5, 0.6) is 0 Å². The normalized spacial score (nSPS) is 9.40. The Bertz CT molecular complexity index is 446. The van der Waals surface area contributed by atoms with E-state index < -0.39 is 0 Å². The lowest BCUT2D eigenvalue weighted by molar-refractivity contribution is 0.107. The topological polar surface area (TPSA) is 68.3 Å². The van der Waals surface area contributed by atoms with Gasteiger partial charge in [-0.2, -0.15) is 0 Å². The fraction of sp³-hybridized carbons (Fsp3) is 0.0909. The maximum atomic E-state index is 10.8. The van der Waals surface area contributed by atoms with Gasteiger partial charge in [-0.3, -0.25) is 19.2 Å². The van der Waals surface area contributed by atoms with E-state index in [2.05, 4.69) is 0 Å². The highest BCUT2D eigenvalue weighted by Gasteiger charge is 2.14. The number of benzene rings is 1. The standard InChI is InChI=1S/C11H8O4/c1-7-2-8(3-12)10(5-14)11(6-15)9(7)4-13/h2-6H,1H3. The van der Waals surface area contributed by atoms with Crippen LogP contribution in [0, 0.1) is 6.92 Å². The van der Waals surface area contributed by atoms with Crippen molar-refractivity contribution in [2.45, 2.75) is 6.92 Å². The van der Waals surface area contributed by atoms with Crippen molar-refractivity contribution >= 4 is 25.1 Å². The molecule has 4 heteroatoms. The van der Waals surface area contributed by atoms with Crippen molar-refractivity contribution in [1.82, 2.24) is 0 Å². The Kier molecular flexibility index (Phi) is 3.23. The van der Waals surface area contributed by atoms with Gasteiger partial charge in [0, 0.05) is 22.3 Å². The predicted molar refractivity (Wildman–Crippen MR) is 52.7 cm³/mol. The van der Waals surface area contributed by atoms with E-state index in [1.807, 2.05) is 0 Å². The third kappa shape index (κ3) is 1.74. The van der Waals surface area contributed by atoms with E-state index in [9.17, 15) is 19.2 Å². The van der Waals surface area contributed by atoms with Gasteiger partial charge in [0.1, 0.15) is 0 Å². The zero-order chi connectivity index (χ0) is 11.4. The molecule has 0 aliphatic rings. The minimum Gasteiger partial charge on any atom is -0.298 e. The van der Waals surface area contributed by atoms with Crippen LogP contribution in [0.2, 0.25) is 0 Å². The number of aldehydes is 4. The van der Waals surface area contributed by atoms with Gasteiger partial charge in [0.15, 0.2) is 25.1 Å². The Morgan fingerprint density at radius 1 is 0.800 bits per heavy atom. The highest BCUT2D eigenvalue weighted by Crippen LogP contribution is 2.18. The molecule has 0 aromatic heterocycles. The third-order valence-corrected chi connectivity index (χ3v) is 2.17. The molecule has 0 bridgehead atoms. The second kappa shape index (κ2) is 4.41. The fourth-order valence-electron chi connectivity index (χ4n) is 1.41. The molecular formula is C11H8O4. The largest absolute Gasteiger partial charge is 0.298 e. The van der Waals surface area contributed by atoms with Crippen molar-refractivity contribution < 1.29 is 19.2 Å². The molecule has 76 valence electrons. The molecule has 0 aliphatic heterocycles. The lowest BCUT2D eigenvalue weighted by atomic mass is 9.94. The molecule has 0 radical (unpaired) electrons. The summed E-state index contributed by atoms with van der Waals surface area (Å²) in [6.07, 6.45) is 1.80. The molecule has 0 saturated carbocycles. The van der Waals surface area contributed by atoms with Gasteiger partial charge >= 0.3 is 0 Å². The maximum Gasteiger partial charge on any atom is 0.151 e. The zero-order valence-electron chi connectivity index (χ0n) is 8.02. The summed E-state index contributed by atoms with van der Waals surface area (Å²) in [6, 6.07) is 1.41. The second-order valence-corrected chi connectivity index (χ2v) is 3.00. The quantitative estimate of drug-likeness (QED) is 0.692. The van der Waals surface area contributed by atoms with Gasteiger partial charge < -0.3 is 0 Å². The molecule has 0 amide bonds. The van der Waals surface area contributed by atoms with Gasteiger partial charge in [-0.25, -0.2) is 0 Å².